The van der Waals surface area contributed by atoms with Crippen LogP contribution < -0.4 is 0 Å². The van der Waals surface area contributed by atoms with Gasteiger partial charge >= 0.3 is 5.97 Å². The Morgan fingerprint density at radius 1 is 1.44 bits per heavy atom. The minimum atomic E-state index is -1.21. The minimum absolute atomic E-state index is 0.261. The Morgan fingerprint density at radius 2 is 2.06 bits per heavy atom. The van der Waals surface area contributed by atoms with Crippen LogP contribution in [0.2, 0.25) is 0 Å². The molecule has 0 fully saturated rings. The lowest BCUT2D eigenvalue weighted by molar-refractivity contribution is -0.165. The topological polar surface area (TPSA) is 46.5 Å². The first-order chi connectivity index (χ1) is 7.58. The summed E-state index contributed by atoms with van der Waals surface area (Å²) in [5.41, 5.74) is -0.262. The molecule has 0 saturated carbocycles. The molecule has 1 atom stereocenters. The Balaban J connectivity index is 2.60. The molecule has 1 unspecified atom stereocenters. The Bertz CT molecular complexity index is 339. The molecule has 0 saturated heterocycles. The van der Waals surface area contributed by atoms with Crippen molar-refractivity contribution in [2.75, 3.05) is 5.88 Å². The zero-order valence-electron chi connectivity index (χ0n) is 9.15. The second-order valence-corrected chi connectivity index (χ2v) is 4.13. The van der Waals surface area contributed by atoms with Gasteiger partial charge in [-0.2, -0.15) is 0 Å². The van der Waals surface area contributed by atoms with Crippen molar-refractivity contribution in [1.29, 1.82) is 0 Å². The fourth-order valence-corrected chi connectivity index (χ4v) is 1.60. The third kappa shape index (κ3) is 3.51. The summed E-state index contributed by atoms with van der Waals surface area (Å²) in [6.07, 6.45) is 0.288. The van der Waals surface area contributed by atoms with Crippen molar-refractivity contribution in [3.8, 4) is 0 Å². The van der Waals surface area contributed by atoms with E-state index in [9.17, 15) is 4.79 Å². The van der Waals surface area contributed by atoms with Gasteiger partial charge < -0.3 is 9.84 Å². The summed E-state index contributed by atoms with van der Waals surface area (Å²) in [5, 5.41) is 9.06. The molecule has 0 spiro atoms. The number of halogens is 1. The molecule has 1 N–H and O–H groups in total. The lowest BCUT2D eigenvalue weighted by Gasteiger charge is -2.24. The van der Waals surface area contributed by atoms with Crippen molar-refractivity contribution in [3.05, 3.63) is 35.9 Å². The van der Waals surface area contributed by atoms with Crippen LogP contribution in [0.4, 0.5) is 0 Å². The average Bonchev–Trinajstić information content (AvgIpc) is 2.28. The Morgan fingerprint density at radius 3 is 2.56 bits per heavy atom. The van der Waals surface area contributed by atoms with Crippen molar-refractivity contribution in [1.82, 2.24) is 0 Å². The maximum atomic E-state index is 11.0. The maximum absolute atomic E-state index is 11.0. The van der Waals surface area contributed by atoms with E-state index in [1.54, 1.807) is 6.92 Å². The molecule has 0 radical (unpaired) electrons. The van der Waals surface area contributed by atoms with Gasteiger partial charge in [-0.25, -0.2) is 4.79 Å². The second kappa shape index (κ2) is 5.87. The highest BCUT2D eigenvalue weighted by molar-refractivity contribution is 6.18. The van der Waals surface area contributed by atoms with Crippen molar-refractivity contribution in [3.63, 3.8) is 0 Å². The van der Waals surface area contributed by atoms with E-state index < -0.39 is 11.6 Å². The van der Waals surface area contributed by atoms with Gasteiger partial charge in [0.1, 0.15) is 0 Å². The van der Waals surface area contributed by atoms with Gasteiger partial charge in [0.15, 0.2) is 5.60 Å². The SMILES string of the molecule is CC(CCCl)(OCc1ccccc1)C(=O)O. The molecule has 4 heteroatoms. The first kappa shape index (κ1) is 13.0. The number of alkyl halides is 1. The van der Waals surface area contributed by atoms with Crippen LogP contribution in [0.25, 0.3) is 0 Å². The molecule has 1 rings (SSSR count). The highest BCUT2D eigenvalue weighted by atomic mass is 35.5. The standard InChI is InChI=1S/C12H15ClO3/c1-12(7-8-13,11(14)15)16-9-10-5-3-2-4-6-10/h2-6H,7-9H2,1H3,(H,14,15). The smallest absolute Gasteiger partial charge is 0.335 e. The molecule has 1 aromatic rings. The number of carboxylic acids is 1. The van der Waals surface area contributed by atoms with Crippen molar-refractivity contribution < 1.29 is 14.6 Å². The van der Waals surface area contributed by atoms with Crippen LogP contribution >= 0.6 is 11.6 Å². The van der Waals surface area contributed by atoms with Gasteiger partial charge in [-0.15, -0.1) is 11.6 Å². The van der Waals surface area contributed by atoms with Crippen LogP contribution in [0.1, 0.15) is 18.9 Å². The molecular weight excluding hydrogens is 228 g/mol. The van der Waals surface area contributed by atoms with Crippen LogP contribution in [-0.4, -0.2) is 22.6 Å². The molecule has 0 aliphatic heterocycles. The van der Waals surface area contributed by atoms with E-state index >= 15 is 0 Å². The molecular formula is C12H15ClO3. The first-order valence-electron chi connectivity index (χ1n) is 5.06. The predicted molar refractivity (Wildman–Crippen MR) is 62.6 cm³/mol. The fourth-order valence-electron chi connectivity index (χ4n) is 1.24. The van der Waals surface area contributed by atoms with Crippen molar-refractivity contribution >= 4 is 17.6 Å². The van der Waals surface area contributed by atoms with Gasteiger partial charge in [0.25, 0.3) is 0 Å². The third-order valence-corrected chi connectivity index (χ3v) is 2.61. The summed E-state index contributed by atoms with van der Waals surface area (Å²) in [6.45, 7) is 1.82. The van der Waals surface area contributed by atoms with Gasteiger partial charge in [0, 0.05) is 12.3 Å². The summed E-state index contributed by atoms with van der Waals surface area (Å²) < 4.78 is 5.43. The highest BCUT2D eigenvalue weighted by Gasteiger charge is 2.33. The number of rotatable bonds is 6. The Hall–Kier alpha value is -1.06. The lowest BCUT2D eigenvalue weighted by Crippen LogP contribution is -2.38. The maximum Gasteiger partial charge on any atom is 0.335 e. The molecule has 0 aliphatic carbocycles. The molecule has 0 amide bonds. The van der Waals surface area contributed by atoms with Gasteiger partial charge in [-0.3, -0.25) is 0 Å². The summed E-state index contributed by atoms with van der Waals surface area (Å²) in [7, 11) is 0. The van der Waals surface area contributed by atoms with E-state index in [1.807, 2.05) is 30.3 Å². The summed E-state index contributed by atoms with van der Waals surface area (Å²) in [4.78, 5) is 11.0. The number of ether oxygens (including phenoxy) is 1. The summed E-state index contributed by atoms with van der Waals surface area (Å²) in [6, 6.07) is 9.46. The zero-order chi connectivity index (χ0) is 12.0. The molecule has 0 bridgehead atoms. The van der Waals surface area contributed by atoms with E-state index in [2.05, 4.69) is 0 Å². The van der Waals surface area contributed by atoms with Crippen LogP contribution in [0, 0.1) is 0 Å². The Labute approximate surface area is 100.0 Å². The Kier molecular flexibility index (Phi) is 4.77. The fraction of sp³-hybridized carbons (Fsp3) is 0.417. The first-order valence-corrected chi connectivity index (χ1v) is 5.59. The molecule has 16 heavy (non-hydrogen) atoms. The molecule has 88 valence electrons. The highest BCUT2D eigenvalue weighted by Crippen LogP contribution is 2.19. The minimum Gasteiger partial charge on any atom is -0.479 e. The van der Waals surface area contributed by atoms with E-state index in [1.165, 1.54) is 0 Å². The van der Waals surface area contributed by atoms with Crippen molar-refractivity contribution in [2.24, 2.45) is 0 Å². The van der Waals surface area contributed by atoms with Crippen LogP contribution in [0.5, 0.6) is 0 Å². The van der Waals surface area contributed by atoms with E-state index in [4.69, 9.17) is 21.4 Å². The number of hydrogen-bond donors (Lipinski definition) is 1. The van der Waals surface area contributed by atoms with Crippen LogP contribution in [-0.2, 0) is 16.1 Å². The van der Waals surface area contributed by atoms with Gasteiger partial charge in [0.2, 0.25) is 0 Å². The summed E-state index contributed by atoms with van der Waals surface area (Å²) >= 11 is 5.57. The lowest BCUT2D eigenvalue weighted by atomic mass is 10.0. The van der Waals surface area contributed by atoms with Crippen LogP contribution in [0.15, 0.2) is 30.3 Å². The number of carbonyl (C=O) groups is 1. The molecule has 1 aromatic carbocycles. The van der Waals surface area contributed by atoms with E-state index in [0.717, 1.165) is 5.56 Å². The number of hydrogen-bond acceptors (Lipinski definition) is 2. The normalized spacial score (nSPS) is 14.4. The number of aliphatic carboxylic acids is 1. The van der Waals surface area contributed by atoms with Crippen molar-refractivity contribution in [2.45, 2.75) is 25.6 Å². The molecule has 3 nitrogen and oxygen atoms in total. The monoisotopic (exact) mass is 242 g/mol. The van der Waals surface area contributed by atoms with E-state index in [0.29, 0.717) is 0 Å². The van der Waals surface area contributed by atoms with Gasteiger partial charge in [-0.05, 0) is 12.5 Å². The largest absolute Gasteiger partial charge is 0.479 e. The quantitative estimate of drug-likeness (QED) is 0.781. The molecule has 0 aromatic heterocycles. The molecule has 0 heterocycles. The van der Waals surface area contributed by atoms with Gasteiger partial charge in [0.05, 0.1) is 6.61 Å². The number of benzene rings is 1. The van der Waals surface area contributed by atoms with Gasteiger partial charge in [-0.1, -0.05) is 30.3 Å². The number of carboxylic acid groups (broad SMARTS) is 1. The third-order valence-electron chi connectivity index (χ3n) is 2.42. The molecule has 0 aliphatic rings. The predicted octanol–water partition coefficient (Wildman–Crippen LogP) is 2.68. The average molecular weight is 243 g/mol. The zero-order valence-corrected chi connectivity index (χ0v) is 9.91. The van der Waals surface area contributed by atoms with Crippen LogP contribution in [0.3, 0.4) is 0 Å². The second-order valence-electron chi connectivity index (χ2n) is 3.75. The summed E-state index contributed by atoms with van der Waals surface area (Å²) in [5.74, 6) is -0.721. The van der Waals surface area contributed by atoms with E-state index in [-0.39, 0.29) is 18.9 Å².